The lowest BCUT2D eigenvalue weighted by Crippen LogP contribution is -2.28. The number of hydrogen-bond donors (Lipinski definition) is 1. The molecule has 0 atom stereocenters. The largest absolute Gasteiger partial charge is 0.481 e. The summed E-state index contributed by atoms with van der Waals surface area (Å²) in [4.78, 5) is 29.5. The van der Waals surface area contributed by atoms with Crippen LogP contribution in [-0.2, 0) is 10.2 Å². The molecule has 0 radical (unpaired) electrons. The second-order valence-electron chi connectivity index (χ2n) is 5.91. The van der Waals surface area contributed by atoms with E-state index in [1.807, 2.05) is 6.92 Å². The fourth-order valence-corrected chi connectivity index (χ4v) is 2.78. The van der Waals surface area contributed by atoms with Gasteiger partial charge >= 0.3 is 5.97 Å². The Morgan fingerprint density at radius 1 is 1.35 bits per heavy atom. The van der Waals surface area contributed by atoms with Gasteiger partial charge in [0.2, 0.25) is 0 Å². The van der Waals surface area contributed by atoms with Crippen molar-refractivity contribution in [2.75, 3.05) is 13.6 Å². The lowest BCUT2D eigenvalue weighted by Gasteiger charge is -2.16. The van der Waals surface area contributed by atoms with E-state index in [1.165, 1.54) is 11.3 Å². The van der Waals surface area contributed by atoms with Crippen molar-refractivity contribution in [1.29, 1.82) is 0 Å². The molecule has 0 aromatic carbocycles. The van der Waals surface area contributed by atoms with Gasteiger partial charge in [-0.05, 0) is 13.3 Å². The molecule has 1 rings (SSSR count). The van der Waals surface area contributed by atoms with E-state index in [9.17, 15) is 9.59 Å². The second kappa shape index (κ2) is 6.35. The third-order valence-corrected chi connectivity index (χ3v) is 4.43. The molecule has 0 saturated heterocycles. The SMILES string of the molecule is Cc1nc(C(C)(C)C)sc1C(=O)N(C)CCCC(=O)O. The maximum Gasteiger partial charge on any atom is 0.303 e. The molecule has 0 aliphatic carbocycles. The van der Waals surface area contributed by atoms with Gasteiger partial charge in [-0.1, -0.05) is 20.8 Å². The Morgan fingerprint density at radius 3 is 2.40 bits per heavy atom. The van der Waals surface area contributed by atoms with Crippen LogP contribution in [0.5, 0.6) is 0 Å². The van der Waals surface area contributed by atoms with Crippen molar-refractivity contribution in [3.8, 4) is 0 Å². The minimum Gasteiger partial charge on any atom is -0.481 e. The first-order valence-corrected chi connectivity index (χ1v) is 7.39. The minimum absolute atomic E-state index is 0.0736. The number of hydrogen-bond acceptors (Lipinski definition) is 4. The summed E-state index contributed by atoms with van der Waals surface area (Å²) in [5.41, 5.74) is 0.672. The van der Waals surface area contributed by atoms with Gasteiger partial charge in [0, 0.05) is 25.4 Å². The van der Waals surface area contributed by atoms with Gasteiger partial charge in [0.1, 0.15) is 4.88 Å². The van der Waals surface area contributed by atoms with Gasteiger partial charge in [-0.15, -0.1) is 11.3 Å². The van der Waals surface area contributed by atoms with Crippen molar-refractivity contribution >= 4 is 23.2 Å². The normalized spacial score (nSPS) is 11.4. The summed E-state index contributed by atoms with van der Waals surface area (Å²) in [6.45, 7) is 8.47. The molecular formula is C14H22N2O3S. The molecule has 112 valence electrons. The molecule has 1 N–H and O–H groups in total. The summed E-state index contributed by atoms with van der Waals surface area (Å²) >= 11 is 1.42. The van der Waals surface area contributed by atoms with Gasteiger partial charge < -0.3 is 10.0 Å². The first-order chi connectivity index (χ1) is 9.12. The number of nitrogens with zero attached hydrogens (tertiary/aromatic N) is 2. The van der Waals surface area contributed by atoms with Gasteiger partial charge in [0.05, 0.1) is 10.7 Å². The van der Waals surface area contributed by atoms with Crippen LogP contribution in [0.4, 0.5) is 0 Å². The van der Waals surface area contributed by atoms with Gasteiger partial charge in [-0.2, -0.15) is 0 Å². The van der Waals surface area contributed by atoms with Gasteiger partial charge in [-0.25, -0.2) is 4.98 Å². The summed E-state index contributed by atoms with van der Waals surface area (Å²) in [6.07, 6.45) is 0.536. The van der Waals surface area contributed by atoms with E-state index in [1.54, 1.807) is 11.9 Å². The van der Waals surface area contributed by atoms with Gasteiger partial charge in [0.25, 0.3) is 5.91 Å². The third-order valence-electron chi connectivity index (χ3n) is 2.86. The van der Waals surface area contributed by atoms with Crippen LogP contribution in [0.15, 0.2) is 0 Å². The minimum atomic E-state index is -0.838. The van der Waals surface area contributed by atoms with E-state index in [4.69, 9.17) is 5.11 Å². The van der Waals surface area contributed by atoms with Crippen LogP contribution in [0.25, 0.3) is 0 Å². The lowest BCUT2D eigenvalue weighted by atomic mass is 9.98. The fraction of sp³-hybridized carbons (Fsp3) is 0.643. The number of carbonyl (C=O) groups excluding carboxylic acids is 1. The van der Waals surface area contributed by atoms with Crippen LogP contribution in [0.1, 0.15) is 54.0 Å². The van der Waals surface area contributed by atoms with Crippen molar-refractivity contribution < 1.29 is 14.7 Å². The zero-order chi connectivity index (χ0) is 15.5. The van der Waals surface area contributed by atoms with E-state index in [-0.39, 0.29) is 17.7 Å². The van der Waals surface area contributed by atoms with E-state index < -0.39 is 5.97 Å². The number of aryl methyl sites for hydroxylation is 1. The molecule has 0 aliphatic rings. The Morgan fingerprint density at radius 2 is 1.95 bits per heavy atom. The number of carboxylic acids is 1. The summed E-state index contributed by atoms with van der Waals surface area (Å²) in [5.74, 6) is -0.921. The first kappa shape index (κ1) is 16.6. The highest BCUT2D eigenvalue weighted by Crippen LogP contribution is 2.29. The van der Waals surface area contributed by atoms with Crippen molar-refractivity contribution in [2.24, 2.45) is 0 Å². The molecule has 0 aliphatic heterocycles. The first-order valence-electron chi connectivity index (χ1n) is 6.58. The summed E-state index contributed by atoms with van der Waals surface area (Å²) < 4.78 is 0. The quantitative estimate of drug-likeness (QED) is 0.907. The standard InChI is InChI=1S/C14H22N2O3S/c1-9-11(20-13(15-9)14(2,3)4)12(19)16(5)8-6-7-10(17)18/h6-8H2,1-5H3,(H,17,18). The van der Waals surface area contributed by atoms with E-state index in [0.717, 1.165) is 10.7 Å². The zero-order valence-electron chi connectivity index (χ0n) is 12.7. The predicted octanol–water partition coefficient (Wildman–Crippen LogP) is 2.69. The van der Waals surface area contributed by atoms with Gasteiger partial charge in [-0.3, -0.25) is 9.59 Å². The fourth-order valence-electron chi connectivity index (χ4n) is 1.66. The lowest BCUT2D eigenvalue weighted by molar-refractivity contribution is -0.137. The molecule has 0 bridgehead atoms. The van der Waals surface area contributed by atoms with Crippen LogP contribution >= 0.6 is 11.3 Å². The van der Waals surface area contributed by atoms with Crippen LogP contribution < -0.4 is 0 Å². The van der Waals surface area contributed by atoms with Crippen LogP contribution in [-0.4, -0.2) is 40.5 Å². The maximum absolute atomic E-state index is 12.3. The molecule has 0 fully saturated rings. The highest BCUT2D eigenvalue weighted by Gasteiger charge is 2.24. The molecule has 1 amide bonds. The molecule has 0 unspecified atom stereocenters. The van der Waals surface area contributed by atoms with E-state index >= 15 is 0 Å². The van der Waals surface area contributed by atoms with E-state index in [2.05, 4.69) is 25.8 Å². The average Bonchev–Trinajstić information content (AvgIpc) is 2.69. The number of carboxylic acid groups (broad SMARTS) is 1. The average molecular weight is 298 g/mol. The molecule has 1 heterocycles. The molecule has 5 nitrogen and oxygen atoms in total. The molecule has 6 heteroatoms. The summed E-state index contributed by atoms with van der Waals surface area (Å²) in [5, 5.41) is 9.55. The third kappa shape index (κ3) is 4.30. The number of aliphatic carboxylic acids is 1. The molecule has 0 spiro atoms. The summed E-state index contributed by atoms with van der Waals surface area (Å²) in [7, 11) is 1.69. The zero-order valence-corrected chi connectivity index (χ0v) is 13.5. The van der Waals surface area contributed by atoms with Crippen LogP contribution in [0.3, 0.4) is 0 Å². The molecule has 20 heavy (non-hydrogen) atoms. The number of aromatic nitrogens is 1. The predicted molar refractivity (Wildman–Crippen MR) is 79.4 cm³/mol. The Hall–Kier alpha value is -1.43. The number of rotatable bonds is 5. The monoisotopic (exact) mass is 298 g/mol. The number of thiazole rings is 1. The second-order valence-corrected chi connectivity index (χ2v) is 6.91. The Bertz CT molecular complexity index is 503. The Labute approximate surface area is 123 Å². The molecule has 1 aromatic heterocycles. The summed E-state index contributed by atoms with van der Waals surface area (Å²) in [6, 6.07) is 0. The van der Waals surface area contributed by atoms with Crippen molar-refractivity contribution in [3.05, 3.63) is 15.6 Å². The Kier molecular flexibility index (Phi) is 5.28. The van der Waals surface area contributed by atoms with Crippen LogP contribution in [0.2, 0.25) is 0 Å². The highest BCUT2D eigenvalue weighted by atomic mass is 32.1. The number of amides is 1. The topological polar surface area (TPSA) is 70.5 Å². The highest BCUT2D eigenvalue weighted by molar-refractivity contribution is 7.14. The van der Waals surface area contributed by atoms with E-state index in [0.29, 0.717) is 17.8 Å². The molecule has 1 aromatic rings. The maximum atomic E-state index is 12.3. The van der Waals surface area contributed by atoms with Crippen LogP contribution in [0, 0.1) is 6.92 Å². The van der Waals surface area contributed by atoms with Crippen molar-refractivity contribution in [3.63, 3.8) is 0 Å². The van der Waals surface area contributed by atoms with Gasteiger partial charge in [0.15, 0.2) is 0 Å². The smallest absolute Gasteiger partial charge is 0.303 e. The molecular weight excluding hydrogens is 276 g/mol. The molecule has 0 saturated carbocycles. The van der Waals surface area contributed by atoms with Crippen molar-refractivity contribution in [1.82, 2.24) is 9.88 Å². The number of carbonyl (C=O) groups is 2. The Balaban J connectivity index is 2.77. The van der Waals surface area contributed by atoms with Crippen molar-refractivity contribution in [2.45, 2.75) is 46.0 Å².